The molecule has 0 unspecified atom stereocenters. The van der Waals surface area contributed by atoms with Gasteiger partial charge in [-0.1, -0.05) is 41.7 Å². The van der Waals surface area contributed by atoms with E-state index < -0.39 is 5.97 Å². The summed E-state index contributed by atoms with van der Waals surface area (Å²) in [6, 6.07) is 13.1. The highest BCUT2D eigenvalue weighted by atomic mass is 32.1. The lowest BCUT2D eigenvalue weighted by Crippen LogP contribution is -1.95. The molecule has 0 spiro atoms. The van der Waals surface area contributed by atoms with Gasteiger partial charge in [0.1, 0.15) is 4.88 Å². The molecule has 0 aliphatic carbocycles. The van der Waals surface area contributed by atoms with Crippen LogP contribution in [-0.4, -0.2) is 20.6 Å². The van der Waals surface area contributed by atoms with E-state index in [1.165, 1.54) is 11.3 Å². The Morgan fingerprint density at radius 2 is 1.79 bits per heavy atom. The fourth-order valence-corrected chi connectivity index (χ4v) is 2.71. The van der Waals surface area contributed by atoms with Crippen LogP contribution < -0.4 is 0 Å². The van der Waals surface area contributed by atoms with Gasteiger partial charge >= 0.3 is 5.97 Å². The monoisotopic (exact) mass is 270 g/mol. The first kappa shape index (κ1) is 11.7. The molecule has 1 N–H and O–H groups in total. The Morgan fingerprint density at radius 3 is 2.42 bits per heavy atom. The van der Waals surface area contributed by atoms with Crippen molar-refractivity contribution in [2.45, 2.75) is 0 Å². The number of carboxylic acid groups (broad SMARTS) is 1. The molecule has 0 saturated carbocycles. The maximum absolute atomic E-state index is 11.3. The van der Waals surface area contributed by atoms with Crippen molar-refractivity contribution < 1.29 is 9.90 Å². The zero-order valence-electron chi connectivity index (χ0n) is 9.85. The van der Waals surface area contributed by atoms with E-state index in [1.54, 1.807) is 0 Å². The van der Waals surface area contributed by atoms with Gasteiger partial charge in [-0.05, 0) is 12.1 Å². The van der Waals surface area contributed by atoms with Crippen LogP contribution in [0.4, 0.5) is 0 Å². The number of carboxylic acids is 1. The normalized spacial score (nSPS) is 10.5. The fraction of sp³-hybridized carbons (Fsp3) is 0. The van der Waals surface area contributed by atoms with Crippen molar-refractivity contribution in [3.8, 4) is 16.4 Å². The summed E-state index contributed by atoms with van der Waals surface area (Å²) >= 11 is 1.17. The Morgan fingerprint density at radius 1 is 1.11 bits per heavy atom. The van der Waals surface area contributed by atoms with Gasteiger partial charge in [0.25, 0.3) is 0 Å². The van der Waals surface area contributed by atoms with Crippen LogP contribution in [0, 0.1) is 0 Å². The zero-order chi connectivity index (χ0) is 13.2. The van der Waals surface area contributed by atoms with E-state index in [0.717, 1.165) is 5.56 Å². The van der Waals surface area contributed by atoms with Crippen molar-refractivity contribution >= 4 is 17.3 Å². The third kappa shape index (κ3) is 2.15. The first-order chi connectivity index (χ1) is 9.25. The Hall–Kier alpha value is -2.40. The van der Waals surface area contributed by atoms with E-state index in [-0.39, 0.29) is 4.88 Å². The second-order valence-corrected chi connectivity index (χ2v) is 4.91. The summed E-state index contributed by atoms with van der Waals surface area (Å²) in [6.07, 6.45) is 3.69. The van der Waals surface area contributed by atoms with E-state index in [9.17, 15) is 9.90 Å². The minimum absolute atomic E-state index is 0.259. The molecule has 2 heterocycles. The van der Waals surface area contributed by atoms with Crippen LogP contribution in [0.25, 0.3) is 16.4 Å². The summed E-state index contributed by atoms with van der Waals surface area (Å²) in [7, 11) is 0. The molecule has 4 nitrogen and oxygen atoms in total. The Labute approximate surface area is 113 Å². The van der Waals surface area contributed by atoms with Crippen LogP contribution in [0.15, 0.2) is 54.9 Å². The number of thiazole rings is 1. The predicted octanol–water partition coefficient (Wildman–Crippen LogP) is 3.30. The second kappa shape index (κ2) is 4.70. The van der Waals surface area contributed by atoms with E-state index >= 15 is 0 Å². The third-order valence-electron chi connectivity index (χ3n) is 2.68. The molecule has 94 valence electrons. The highest BCUT2D eigenvalue weighted by Gasteiger charge is 2.19. The van der Waals surface area contributed by atoms with Gasteiger partial charge in [-0.3, -0.25) is 0 Å². The number of benzene rings is 1. The Kier molecular flexibility index (Phi) is 2.89. The largest absolute Gasteiger partial charge is 0.477 e. The molecular weight excluding hydrogens is 260 g/mol. The van der Waals surface area contributed by atoms with Gasteiger partial charge < -0.3 is 9.67 Å². The molecule has 0 bridgehead atoms. The summed E-state index contributed by atoms with van der Waals surface area (Å²) in [5, 5.41) is 9.95. The van der Waals surface area contributed by atoms with Crippen LogP contribution in [-0.2, 0) is 0 Å². The summed E-state index contributed by atoms with van der Waals surface area (Å²) < 4.78 is 1.81. The summed E-state index contributed by atoms with van der Waals surface area (Å²) in [6.45, 7) is 0. The highest BCUT2D eigenvalue weighted by molar-refractivity contribution is 7.16. The predicted molar refractivity (Wildman–Crippen MR) is 73.8 cm³/mol. The molecule has 0 atom stereocenters. The van der Waals surface area contributed by atoms with Crippen molar-refractivity contribution in [3.05, 3.63) is 59.7 Å². The van der Waals surface area contributed by atoms with E-state index in [0.29, 0.717) is 10.8 Å². The number of aromatic carboxylic acids is 1. The van der Waals surface area contributed by atoms with E-state index in [4.69, 9.17) is 0 Å². The number of hydrogen-bond donors (Lipinski definition) is 1. The first-order valence-electron chi connectivity index (χ1n) is 5.68. The minimum Gasteiger partial charge on any atom is -0.477 e. The molecule has 0 aliphatic rings. The number of hydrogen-bond acceptors (Lipinski definition) is 3. The van der Waals surface area contributed by atoms with Crippen LogP contribution in [0.2, 0.25) is 0 Å². The van der Waals surface area contributed by atoms with Gasteiger partial charge in [0.05, 0.1) is 5.69 Å². The molecule has 2 aromatic heterocycles. The third-order valence-corrected chi connectivity index (χ3v) is 3.74. The smallest absolute Gasteiger partial charge is 0.348 e. The van der Waals surface area contributed by atoms with Gasteiger partial charge in [0.15, 0.2) is 5.13 Å². The lowest BCUT2D eigenvalue weighted by Gasteiger charge is -1.97. The summed E-state index contributed by atoms with van der Waals surface area (Å²) in [4.78, 5) is 16.0. The molecule has 0 aliphatic heterocycles. The van der Waals surface area contributed by atoms with Gasteiger partial charge in [-0.15, -0.1) is 0 Å². The fourth-order valence-electron chi connectivity index (χ4n) is 1.82. The molecule has 0 fully saturated rings. The molecular formula is C14H10N2O2S. The summed E-state index contributed by atoms with van der Waals surface area (Å²) in [5.41, 5.74) is 1.33. The average molecular weight is 270 g/mol. The molecule has 3 aromatic rings. The number of aromatic nitrogens is 2. The van der Waals surface area contributed by atoms with E-state index in [2.05, 4.69) is 4.98 Å². The van der Waals surface area contributed by atoms with Gasteiger partial charge in [-0.2, -0.15) is 0 Å². The SMILES string of the molecule is O=C(O)c1sc(-n2cccc2)nc1-c1ccccc1. The second-order valence-electron chi connectivity index (χ2n) is 3.94. The summed E-state index contributed by atoms with van der Waals surface area (Å²) in [5.74, 6) is -0.949. The number of carbonyl (C=O) groups is 1. The molecule has 3 rings (SSSR count). The zero-order valence-corrected chi connectivity index (χ0v) is 10.7. The topological polar surface area (TPSA) is 55.1 Å². The van der Waals surface area contributed by atoms with Gasteiger partial charge in [0.2, 0.25) is 0 Å². The molecule has 19 heavy (non-hydrogen) atoms. The number of rotatable bonds is 3. The van der Waals surface area contributed by atoms with E-state index in [1.807, 2.05) is 59.4 Å². The molecule has 1 aromatic carbocycles. The van der Waals surface area contributed by atoms with Gasteiger partial charge in [-0.25, -0.2) is 9.78 Å². The van der Waals surface area contributed by atoms with Crippen molar-refractivity contribution in [3.63, 3.8) is 0 Å². The van der Waals surface area contributed by atoms with Crippen LogP contribution in [0.1, 0.15) is 9.67 Å². The highest BCUT2D eigenvalue weighted by Crippen LogP contribution is 2.30. The first-order valence-corrected chi connectivity index (χ1v) is 6.50. The Bertz CT molecular complexity index is 702. The standard InChI is InChI=1S/C14H10N2O2S/c17-13(18)12-11(10-6-2-1-3-7-10)15-14(19-12)16-8-4-5-9-16/h1-9H,(H,17,18). The molecule has 0 amide bonds. The number of nitrogens with zero attached hydrogens (tertiary/aromatic N) is 2. The van der Waals surface area contributed by atoms with Crippen molar-refractivity contribution in [1.82, 2.24) is 9.55 Å². The maximum Gasteiger partial charge on any atom is 0.348 e. The molecule has 5 heteroatoms. The maximum atomic E-state index is 11.3. The van der Waals surface area contributed by atoms with Crippen molar-refractivity contribution in [2.24, 2.45) is 0 Å². The quantitative estimate of drug-likeness (QED) is 0.794. The lowest BCUT2D eigenvalue weighted by atomic mass is 10.1. The lowest BCUT2D eigenvalue weighted by molar-refractivity contribution is 0.0702. The van der Waals surface area contributed by atoms with Crippen LogP contribution >= 0.6 is 11.3 Å². The van der Waals surface area contributed by atoms with Gasteiger partial charge in [0, 0.05) is 18.0 Å². The van der Waals surface area contributed by atoms with Crippen molar-refractivity contribution in [2.75, 3.05) is 0 Å². The molecule has 0 radical (unpaired) electrons. The molecule has 0 saturated heterocycles. The average Bonchev–Trinajstić information content (AvgIpc) is 3.08. The van der Waals surface area contributed by atoms with Crippen LogP contribution in [0.5, 0.6) is 0 Å². The Balaban J connectivity index is 2.16. The minimum atomic E-state index is -0.949. The van der Waals surface area contributed by atoms with Crippen LogP contribution in [0.3, 0.4) is 0 Å². The van der Waals surface area contributed by atoms with Crippen molar-refractivity contribution in [1.29, 1.82) is 0 Å².